The Kier molecular flexibility index (Phi) is 6.79. The summed E-state index contributed by atoms with van der Waals surface area (Å²) in [5.41, 5.74) is 0.326. The molecule has 0 amide bonds. The van der Waals surface area contributed by atoms with Crippen LogP contribution in [0.5, 0.6) is 0 Å². The van der Waals surface area contributed by atoms with E-state index in [1.807, 2.05) is 13.8 Å². The molecular weight excluding hydrogens is 308 g/mol. The molecule has 3 N–H and O–H groups in total. The molecule has 124 valence electrons. The predicted molar refractivity (Wildman–Crippen MR) is 83.8 cm³/mol. The monoisotopic (exact) mass is 330 g/mol. The average molecular weight is 330 g/mol. The molecule has 0 aliphatic heterocycles. The highest BCUT2D eigenvalue weighted by molar-refractivity contribution is 7.89. The van der Waals surface area contributed by atoms with Crippen LogP contribution in [0.1, 0.15) is 24.2 Å². The fourth-order valence-corrected chi connectivity index (χ4v) is 2.74. The van der Waals surface area contributed by atoms with Crippen LogP contribution in [-0.2, 0) is 14.8 Å². The summed E-state index contributed by atoms with van der Waals surface area (Å²) in [5.74, 6) is -0.846. The van der Waals surface area contributed by atoms with Gasteiger partial charge in [0.25, 0.3) is 0 Å². The summed E-state index contributed by atoms with van der Waals surface area (Å²) in [4.78, 5) is 11.2. The maximum atomic E-state index is 12.1. The molecule has 0 unspecified atom stereocenters. The van der Waals surface area contributed by atoms with Gasteiger partial charge >= 0.3 is 5.97 Å². The van der Waals surface area contributed by atoms with Crippen LogP contribution in [0, 0.1) is 5.92 Å². The molecule has 0 heterocycles. The zero-order valence-corrected chi connectivity index (χ0v) is 13.7. The van der Waals surface area contributed by atoms with E-state index in [0.717, 1.165) is 6.07 Å². The van der Waals surface area contributed by atoms with Gasteiger partial charge < -0.3 is 15.2 Å². The second-order valence-corrected chi connectivity index (χ2v) is 6.94. The number of ether oxygens (including phenoxy) is 1. The van der Waals surface area contributed by atoms with E-state index >= 15 is 0 Å². The molecule has 0 aliphatic carbocycles. The molecule has 0 fully saturated rings. The molecule has 0 aliphatic rings. The van der Waals surface area contributed by atoms with Gasteiger partial charge in [0.15, 0.2) is 0 Å². The Morgan fingerprint density at radius 1 is 1.36 bits per heavy atom. The van der Waals surface area contributed by atoms with Gasteiger partial charge in [0, 0.05) is 25.9 Å². The number of carbonyl (C=O) groups is 1. The van der Waals surface area contributed by atoms with Crippen molar-refractivity contribution in [2.45, 2.75) is 18.7 Å². The van der Waals surface area contributed by atoms with Crippen molar-refractivity contribution in [3.8, 4) is 0 Å². The Labute approximate surface area is 130 Å². The fourth-order valence-electron chi connectivity index (χ4n) is 1.70. The normalized spacial score (nSPS) is 11.6. The number of hydrogen-bond acceptors (Lipinski definition) is 5. The molecule has 0 radical (unpaired) electrons. The summed E-state index contributed by atoms with van der Waals surface area (Å²) in [7, 11) is -2.29. The number of sulfonamides is 1. The van der Waals surface area contributed by atoms with E-state index in [9.17, 15) is 18.3 Å². The van der Waals surface area contributed by atoms with Crippen molar-refractivity contribution in [2.24, 2.45) is 5.92 Å². The molecule has 0 atom stereocenters. The maximum Gasteiger partial charge on any atom is 0.337 e. The first-order valence-corrected chi connectivity index (χ1v) is 8.36. The summed E-state index contributed by atoms with van der Waals surface area (Å²) in [6, 6.07) is 4.00. The standard InChI is InChI=1S/C14H22N2O5S/c1-10(2)9-15-13-5-4-11(8-12(13)14(17)18)22(19,20)16-6-7-21-3/h4-5,8,10,15-16H,6-7,9H2,1-3H3,(H,17,18). The van der Waals surface area contributed by atoms with Crippen LogP contribution in [0.3, 0.4) is 0 Å². The molecule has 0 spiro atoms. The second-order valence-electron chi connectivity index (χ2n) is 5.18. The summed E-state index contributed by atoms with van der Waals surface area (Å²) >= 11 is 0. The first-order chi connectivity index (χ1) is 10.3. The van der Waals surface area contributed by atoms with Crippen molar-refractivity contribution in [3.05, 3.63) is 23.8 Å². The van der Waals surface area contributed by atoms with Crippen LogP contribution in [0.4, 0.5) is 5.69 Å². The topological polar surface area (TPSA) is 105 Å². The van der Waals surface area contributed by atoms with E-state index in [-0.39, 0.29) is 23.6 Å². The molecule has 22 heavy (non-hydrogen) atoms. The van der Waals surface area contributed by atoms with E-state index in [2.05, 4.69) is 10.0 Å². The van der Waals surface area contributed by atoms with Crippen molar-refractivity contribution in [1.29, 1.82) is 0 Å². The quantitative estimate of drug-likeness (QED) is 0.591. The molecule has 8 heteroatoms. The molecule has 1 rings (SSSR count). The summed E-state index contributed by atoms with van der Waals surface area (Å²) in [6.07, 6.45) is 0. The molecule has 0 saturated carbocycles. The van der Waals surface area contributed by atoms with Gasteiger partial charge in [0.05, 0.1) is 17.1 Å². The third-order valence-corrected chi connectivity index (χ3v) is 4.29. The molecular formula is C14H22N2O5S. The number of carboxylic acid groups (broad SMARTS) is 1. The van der Waals surface area contributed by atoms with Gasteiger partial charge in [-0.15, -0.1) is 0 Å². The number of aromatic carboxylic acids is 1. The molecule has 7 nitrogen and oxygen atoms in total. The van der Waals surface area contributed by atoms with Crippen LogP contribution in [0.25, 0.3) is 0 Å². The maximum absolute atomic E-state index is 12.1. The Hall–Kier alpha value is -1.64. The van der Waals surface area contributed by atoms with Gasteiger partial charge in [-0.1, -0.05) is 13.8 Å². The number of carboxylic acids is 1. The fraction of sp³-hybridized carbons (Fsp3) is 0.500. The Balaban J connectivity index is 3.04. The summed E-state index contributed by atoms with van der Waals surface area (Å²) < 4.78 is 31.3. The zero-order valence-electron chi connectivity index (χ0n) is 12.9. The van der Waals surface area contributed by atoms with E-state index in [1.165, 1.54) is 19.2 Å². The van der Waals surface area contributed by atoms with E-state index in [0.29, 0.717) is 18.2 Å². The first kappa shape index (κ1) is 18.4. The number of rotatable bonds is 9. The largest absolute Gasteiger partial charge is 0.478 e. The lowest BCUT2D eigenvalue weighted by Gasteiger charge is -2.13. The first-order valence-electron chi connectivity index (χ1n) is 6.87. The predicted octanol–water partition coefficient (Wildman–Crippen LogP) is 1.38. The van der Waals surface area contributed by atoms with Crippen molar-refractivity contribution in [3.63, 3.8) is 0 Å². The van der Waals surface area contributed by atoms with Gasteiger partial charge in [-0.25, -0.2) is 17.9 Å². The SMILES string of the molecule is COCCNS(=O)(=O)c1ccc(NCC(C)C)c(C(=O)O)c1. The lowest BCUT2D eigenvalue weighted by molar-refractivity contribution is 0.0697. The zero-order chi connectivity index (χ0) is 16.8. The third-order valence-electron chi connectivity index (χ3n) is 2.83. The second kappa shape index (κ2) is 8.11. The van der Waals surface area contributed by atoms with Crippen molar-refractivity contribution >= 4 is 21.7 Å². The number of hydrogen-bond donors (Lipinski definition) is 3. The van der Waals surface area contributed by atoms with Crippen LogP contribution in [0.15, 0.2) is 23.1 Å². The van der Waals surface area contributed by atoms with Crippen molar-refractivity contribution in [1.82, 2.24) is 4.72 Å². The molecule has 0 bridgehead atoms. The van der Waals surface area contributed by atoms with E-state index < -0.39 is 16.0 Å². The Morgan fingerprint density at radius 3 is 2.59 bits per heavy atom. The van der Waals surface area contributed by atoms with Crippen LogP contribution >= 0.6 is 0 Å². The van der Waals surface area contributed by atoms with Crippen LogP contribution < -0.4 is 10.0 Å². The van der Waals surface area contributed by atoms with Gasteiger partial charge in [0.2, 0.25) is 10.0 Å². The number of benzene rings is 1. The van der Waals surface area contributed by atoms with Crippen molar-refractivity contribution < 1.29 is 23.1 Å². The molecule has 1 aromatic carbocycles. The minimum atomic E-state index is -3.76. The lowest BCUT2D eigenvalue weighted by atomic mass is 10.1. The third kappa shape index (κ3) is 5.28. The van der Waals surface area contributed by atoms with E-state index in [4.69, 9.17) is 4.74 Å². The van der Waals surface area contributed by atoms with E-state index in [1.54, 1.807) is 0 Å². The summed E-state index contributed by atoms with van der Waals surface area (Å²) in [6.45, 7) is 4.93. The number of nitrogens with one attached hydrogen (secondary N) is 2. The molecule has 0 saturated heterocycles. The Bertz CT molecular complexity index is 614. The number of anilines is 1. The van der Waals surface area contributed by atoms with Crippen LogP contribution in [-0.4, -0.2) is 46.3 Å². The lowest BCUT2D eigenvalue weighted by Crippen LogP contribution is -2.27. The Morgan fingerprint density at radius 2 is 2.05 bits per heavy atom. The summed E-state index contributed by atoms with van der Waals surface area (Å²) in [5, 5.41) is 12.3. The van der Waals surface area contributed by atoms with Gasteiger partial charge in [-0.2, -0.15) is 0 Å². The highest BCUT2D eigenvalue weighted by Gasteiger charge is 2.18. The van der Waals surface area contributed by atoms with Gasteiger partial charge in [-0.3, -0.25) is 0 Å². The van der Waals surface area contributed by atoms with Gasteiger partial charge in [-0.05, 0) is 24.1 Å². The van der Waals surface area contributed by atoms with Gasteiger partial charge in [0.1, 0.15) is 0 Å². The van der Waals surface area contributed by atoms with Crippen LogP contribution in [0.2, 0.25) is 0 Å². The molecule has 0 aromatic heterocycles. The molecule has 1 aromatic rings. The number of methoxy groups -OCH3 is 1. The van der Waals surface area contributed by atoms with Crippen molar-refractivity contribution in [2.75, 3.05) is 32.1 Å². The highest BCUT2D eigenvalue weighted by atomic mass is 32.2. The smallest absolute Gasteiger partial charge is 0.337 e. The highest BCUT2D eigenvalue weighted by Crippen LogP contribution is 2.21. The minimum absolute atomic E-state index is 0.0738. The average Bonchev–Trinajstić information content (AvgIpc) is 2.44. The minimum Gasteiger partial charge on any atom is -0.478 e.